The molecule has 5 heteroatoms. The fourth-order valence-electron chi connectivity index (χ4n) is 1.67. The van der Waals surface area contributed by atoms with Crippen LogP contribution in [0, 0.1) is 5.82 Å². The minimum Gasteiger partial charge on any atom is -0.494 e. The van der Waals surface area contributed by atoms with E-state index < -0.39 is 11.4 Å². The van der Waals surface area contributed by atoms with Crippen LogP contribution in [0.5, 0.6) is 5.75 Å². The van der Waals surface area contributed by atoms with E-state index in [1.165, 1.54) is 13.2 Å². The van der Waals surface area contributed by atoms with Gasteiger partial charge in [-0.1, -0.05) is 6.07 Å². The Kier molecular flexibility index (Phi) is 2.46. The highest BCUT2D eigenvalue weighted by atomic mass is 19.1. The number of methoxy groups -OCH3 is 1. The third-order valence-corrected chi connectivity index (χ3v) is 2.63. The summed E-state index contributed by atoms with van der Waals surface area (Å²) >= 11 is 0. The van der Waals surface area contributed by atoms with Crippen molar-refractivity contribution in [2.24, 2.45) is 10.7 Å². The Morgan fingerprint density at radius 2 is 2.31 bits per heavy atom. The molecular formula is C11H13FN2O2. The molecule has 1 heterocycles. The third-order valence-electron chi connectivity index (χ3n) is 2.63. The van der Waals surface area contributed by atoms with Crippen LogP contribution in [0.15, 0.2) is 23.2 Å². The van der Waals surface area contributed by atoms with Gasteiger partial charge in [-0.05, 0) is 24.6 Å². The van der Waals surface area contributed by atoms with E-state index in [2.05, 4.69) is 4.99 Å². The summed E-state index contributed by atoms with van der Waals surface area (Å²) in [4.78, 5) is 4.15. The first-order chi connectivity index (χ1) is 7.55. The molecule has 0 bridgehead atoms. The van der Waals surface area contributed by atoms with Crippen LogP contribution in [0.25, 0.3) is 0 Å². The molecule has 4 nitrogen and oxygen atoms in total. The largest absolute Gasteiger partial charge is 0.494 e. The van der Waals surface area contributed by atoms with Gasteiger partial charge in [0.2, 0.25) is 0 Å². The van der Waals surface area contributed by atoms with Gasteiger partial charge >= 0.3 is 0 Å². The van der Waals surface area contributed by atoms with E-state index in [-0.39, 0.29) is 11.8 Å². The molecule has 2 N–H and O–H groups in total. The normalized spacial score (nSPS) is 23.8. The summed E-state index contributed by atoms with van der Waals surface area (Å²) in [5, 5.41) is 0. The number of ether oxygens (including phenoxy) is 2. The second-order valence-corrected chi connectivity index (χ2v) is 3.86. The molecular weight excluding hydrogens is 211 g/mol. The average molecular weight is 224 g/mol. The van der Waals surface area contributed by atoms with Crippen LogP contribution in [-0.4, -0.2) is 19.7 Å². The molecule has 1 aromatic rings. The Hall–Kier alpha value is -1.78. The van der Waals surface area contributed by atoms with Crippen molar-refractivity contribution in [3.63, 3.8) is 0 Å². The fraction of sp³-hybridized carbons (Fsp3) is 0.364. The quantitative estimate of drug-likeness (QED) is 0.826. The van der Waals surface area contributed by atoms with E-state index in [0.717, 1.165) is 0 Å². The van der Waals surface area contributed by atoms with Crippen LogP contribution in [0.1, 0.15) is 12.5 Å². The minimum atomic E-state index is -0.614. The molecule has 0 fully saturated rings. The molecule has 0 saturated carbocycles. The first-order valence-electron chi connectivity index (χ1n) is 4.87. The number of benzene rings is 1. The predicted molar refractivity (Wildman–Crippen MR) is 57.9 cm³/mol. The van der Waals surface area contributed by atoms with Crippen LogP contribution in [-0.2, 0) is 10.3 Å². The van der Waals surface area contributed by atoms with Gasteiger partial charge in [0, 0.05) is 0 Å². The Bertz CT molecular complexity index is 448. The van der Waals surface area contributed by atoms with E-state index in [0.29, 0.717) is 12.2 Å². The Balaban J connectivity index is 2.38. The zero-order valence-corrected chi connectivity index (χ0v) is 9.16. The lowest BCUT2D eigenvalue weighted by Gasteiger charge is -2.19. The first-order valence-corrected chi connectivity index (χ1v) is 4.87. The van der Waals surface area contributed by atoms with Crippen molar-refractivity contribution in [3.05, 3.63) is 29.6 Å². The SMILES string of the molecule is COc1ccc(C2(C)COC(N)=N2)cc1F. The molecule has 0 saturated heterocycles. The molecule has 0 radical (unpaired) electrons. The van der Waals surface area contributed by atoms with Crippen molar-refractivity contribution in [1.29, 1.82) is 0 Å². The van der Waals surface area contributed by atoms with Gasteiger partial charge in [-0.25, -0.2) is 9.38 Å². The average Bonchev–Trinajstić information content (AvgIpc) is 2.60. The topological polar surface area (TPSA) is 56.8 Å². The summed E-state index contributed by atoms with van der Waals surface area (Å²) < 4.78 is 23.5. The molecule has 1 aromatic carbocycles. The lowest BCUT2D eigenvalue weighted by molar-refractivity contribution is 0.266. The summed E-state index contributed by atoms with van der Waals surface area (Å²) in [5.41, 5.74) is 5.55. The third kappa shape index (κ3) is 1.68. The number of aliphatic imine (C=N–C) groups is 1. The number of hydrogen-bond acceptors (Lipinski definition) is 4. The molecule has 16 heavy (non-hydrogen) atoms. The summed E-state index contributed by atoms with van der Waals surface area (Å²) in [7, 11) is 1.43. The van der Waals surface area contributed by atoms with Gasteiger partial charge in [0.25, 0.3) is 6.02 Å². The molecule has 0 amide bonds. The second kappa shape index (κ2) is 3.66. The molecule has 0 aliphatic carbocycles. The van der Waals surface area contributed by atoms with Gasteiger partial charge in [-0.15, -0.1) is 0 Å². The lowest BCUT2D eigenvalue weighted by atomic mass is 9.94. The predicted octanol–water partition coefficient (Wildman–Crippen LogP) is 1.39. The van der Waals surface area contributed by atoms with Crippen LogP contribution < -0.4 is 10.5 Å². The van der Waals surface area contributed by atoms with Crippen LogP contribution in [0.3, 0.4) is 0 Å². The molecule has 0 aromatic heterocycles. The number of nitrogens with two attached hydrogens (primary N) is 1. The molecule has 1 aliphatic rings. The van der Waals surface area contributed by atoms with Crippen molar-refractivity contribution < 1.29 is 13.9 Å². The number of hydrogen-bond donors (Lipinski definition) is 1. The van der Waals surface area contributed by atoms with Crippen LogP contribution >= 0.6 is 0 Å². The van der Waals surface area contributed by atoms with E-state index in [1.54, 1.807) is 12.1 Å². The minimum absolute atomic E-state index is 0.138. The summed E-state index contributed by atoms with van der Waals surface area (Å²) in [5.74, 6) is -0.204. The molecule has 1 unspecified atom stereocenters. The maximum atomic E-state index is 13.5. The molecule has 86 valence electrons. The first kappa shape index (κ1) is 10.7. The Morgan fingerprint density at radius 1 is 1.56 bits per heavy atom. The van der Waals surface area contributed by atoms with Gasteiger partial charge in [-0.2, -0.15) is 0 Å². The maximum absolute atomic E-state index is 13.5. The highest BCUT2D eigenvalue weighted by molar-refractivity contribution is 5.74. The molecule has 2 rings (SSSR count). The van der Waals surface area contributed by atoms with Crippen LogP contribution in [0.4, 0.5) is 4.39 Å². The van der Waals surface area contributed by atoms with Gasteiger partial charge in [-0.3, -0.25) is 0 Å². The fourth-order valence-corrected chi connectivity index (χ4v) is 1.67. The maximum Gasteiger partial charge on any atom is 0.283 e. The summed E-state index contributed by atoms with van der Waals surface area (Å²) in [6, 6.07) is 4.86. The number of halogens is 1. The van der Waals surface area contributed by atoms with Crippen molar-refractivity contribution in [1.82, 2.24) is 0 Å². The van der Waals surface area contributed by atoms with E-state index >= 15 is 0 Å². The van der Waals surface area contributed by atoms with Crippen LogP contribution in [0.2, 0.25) is 0 Å². The number of amidine groups is 1. The molecule has 1 aliphatic heterocycles. The van der Waals surface area contributed by atoms with Gasteiger partial charge in [0.1, 0.15) is 12.1 Å². The standard InChI is InChI=1S/C11H13FN2O2/c1-11(6-16-10(13)14-11)7-3-4-9(15-2)8(12)5-7/h3-5H,6H2,1-2H3,(H2,13,14). The van der Waals surface area contributed by atoms with Crippen molar-refractivity contribution in [2.75, 3.05) is 13.7 Å². The van der Waals surface area contributed by atoms with Crippen molar-refractivity contribution in [2.45, 2.75) is 12.5 Å². The highest BCUT2D eigenvalue weighted by Crippen LogP contribution is 2.32. The second-order valence-electron chi connectivity index (χ2n) is 3.86. The van der Waals surface area contributed by atoms with Gasteiger partial charge in [0.05, 0.1) is 7.11 Å². The van der Waals surface area contributed by atoms with E-state index in [4.69, 9.17) is 15.2 Å². The van der Waals surface area contributed by atoms with Gasteiger partial charge < -0.3 is 15.2 Å². The zero-order chi connectivity index (χ0) is 11.8. The smallest absolute Gasteiger partial charge is 0.283 e. The number of rotatable bonds is 2. The van der Waals surface area contributed by atoms with Gasteiger partial charge in [0.15, 0.2) is 11.6 Å². The Morgan fingerprint density at radius 3 is 2.81 bits per heavy atom. The monoisotopic (exact) mass is 224 g/mol. The molecule has 1 atom stereocenters. The summed E-state index contributed by atoms with van der Waals surface area (Å²) in [6.07, 6.45) is 0. The molecule has 0 spiro atoms. The van der Waals surface area contributed by atoms with E-state index in [9.17, 15) is 4.39 Å². The zero-order valence-electron chi connectivity index (χ0n) is 9.16. The van der Waals surface area contributed by atoms with E-state index in [1.807, 2.05) is 6.92 Å². The summed E-state index contributed by atoms with van der Waals surface area (Å²) in [6.45, 7) is 2.17. The Labute approximate surface area is 92.9 Å². The number of nitrogens with zero attached hydrogens (tertiary/aromatic N) is 1. The van der Waals surface area contributed by atoms with Crippen molar-refractivity contribution in [3.8, 4) is 5.75 Å². The lowest BCUT2D eigenvalue weighted by Crippen LogP contribution is -2.20. The van der Waals surface area contributed by atoms with Crippen molar-refractivity contribution >= 4 is 6.02 Å². The highest BCUT2D eigenvalue weighted by Gasteiger charge is 2.33.